The lowest BCUT2D eigenvalue weighted by Crippen LogP contribution is -2.50. The Morgan fingerprint density at radius 1 is 1.25 bits per heavy atom. The number of rotatable bonds is 2. The Bertz CT molecular complexity index is 426. The molecule has 0 bridgehead atoms. The fourth-order valence-electron chi connectivity index (χ4n) is 3.06. The maximum absolute atomic E-state index is 12.5. The third-order valence-corrected chi connectivity index (χ3v) is 4.25. The molecule has 0 spiro atoms. The van der Waals surface area contributed by atoms with Gasteiger partial charge in [0.25, 0.3) is 0 Å². The molecule has 20 heavy (non-hydrogen) atoms. The van der Waals surface area contributed by atoms with E-state index in [0.717, 1.165) is 6.42 Å². The van der Waals surface area contributed by atoms with E-state index in [2.05, 4.69) is 5.32 Å². The fraction of sp³-hybridized carbons (Fsp3) is 0.769. The van der Waals surface area contributed by atoms with Crippen molar-refractivity contribution < 1.29 is 19.5 Å². The Hall–Kier alpha value is -1.79. The van der Waals surface area contributed by atoms with Gasteiger partial charge < -0.3 is 20.2 Å². The molecule has 2 saturated heterocycles. The zero-order valence-electron chi connectivity index (χ0n) is 11.8. The van der Waals surface area contributed by atoms with Gasteiger partial charge in [-0.2, -0.15) is 0 Å². The van der Waals surface area contributed by atoms with Gasteiger partial charge in [0.15, 0.2) is 0 Å². The van der Waals surface area contributed by atoms with Crippen molar-refractivity contribution in [1.82, 2.24) is 15.1 Å². The lowest BCUT2D eigenvalue weighted by molar-refractivity contribution is -0.142. The number of amides is 3. The van der Waals surface area contributed by atoms with E-state index in [1.807, 2.05) is 6.92 Å². The van der Waals surface area contributed by atoms with Crippen molar-refractivity contribution in [3.8, 4) is 0 Å². The maximum atomic E-state index is 12.5. The first-order valence-corrected chi connectivity index (χ1v) is 6.95. The highest BCUT2D eigenvalue weighted by Crippen LogP contribution is 2.26. The highest BCUT2D eigenvalue weighted by molar-refractivity contribution is 5.88. The highest BCUT2D eigenvalue weighted by atomic mass is 16.4. The smallest absolute Gasteiger partial charge is 0.320 e. The van der Waals surface area contributed by atoms with Crippen LogP contribution in [0.5, 0.6) is 0 Å². The number of urea groups is 1. The number of carboxylic acid groups (broad SMARTS) is 1. The Labute approximate surface area is 117 Å². The number of hydrogen-bond acceptors (Lipinski definition) is 3. The predicted molar refractivity (Wildman–Crippen MR) is 71.1 cm³/mol. The predicted octanol–water partition coefficient (Wildman–Crippen LogP) is -0.0307. The first kappa shape index (κ1) is 14.6. The number of hydrogen-bond donors (Lipinski definition) is 2. The molecule has 3 atom stereocenters. The maximum Gasteiger partial charge on any atom is 0.320 e. The molecule has 112 valence electrons. The first-order valence-electron chi connectivity index (χ1n) is 6.95. The van der Waals surface area contributed by atoms with Crippen LogP contribution >= 0.6 is 0 Å². The molecule has 0 aromatic carbocycles. The second-order valence-corrected chi connectivity index (χ2v) is 5.58. The van der Waals surface area contributed by atoms with Crippen LogP contribution in [0.1, 0.15) is 19.8 Å². The topological polar surface area (TPSA) is 90.0 Å². The lowest BCUT2D eigenvalue weighted by atomic mass is 9.99. The number of likely N-dealkylation sites (tertiary alicyclic amines) is 2. The summed E-state index contributed by atoms with van der Waals surface area (Å²) in [6.07, 6.45) is 1.47. The monoisotopic (exact) mass is 283 g/mol. The van der Waals surface area contributed by atoms with Gasteiger partial charge >= 0.3 is 12.0 Å². The number of carbonyl (C=O) groups is 3. The van der Waals surface area contributed by atoms with E-state index in [1.165, 1.54) is 0 Å². The van der Waals surface area contributed by atoms with Gasteiger partial charge in [-0.25, -0.2) is 4.79 Å². The molecule has 2 aliphatic heterocycles. The van der Waals surface area contributed by atoms with E-state index in [4.69, 9.17) is 5.11 Å². The molecule has 0 aromatic rings. The zero-order valence-corrected chi connectivity index (χ0v) is 11.8. The molecule has 2 N–H and O–H groups in total. The number of aliphatic carboxylic acids is 1. The molecule has 2 heterocycles. The van der Waals surface area contributed by atoms with Crippen LogP contribution in [0.2, 0.25) is 0 Å². The molecule has 0 aromatic heterocycles. The van der Waals surface area contributed by atoms with Crippen molar-refractivity contribution in [2.45, 2.75) is 25.8 Å². The molecule has 2 fully saturated rings. The molecule has 3 unspecified atom stereocenters. The molecule has 7 nitrogen and oxygen atoms in total. The van der Waals surface area contributed by atoms with Crippen LogP contribution in [0, 0.1) is 11.8 Å². The summed E-state index contributed by atoms with van der Waals surface area (Å²) in [6.45, 7) is 3.06. The number of nitrogens with zero attached hydrogens (tertiary/aromatic N) is 2. The van der Waals surface area contributed by atoms with Gasteiger partial charge in [-0.3, -0.25) is 9.59 Å². The number of carboxylic acids is 1. The average Bonchev–Trinajstić information content (AvgIpc) is 3.03. The standard InChI is InChI=1S/C13H21N3O4/c1-8-6-15(7-9(8)12(18)19)13(20)16-5-3-4-10(16)11(17)14-2/h8-10H,3-7H2,1-2H3,(H,14,17)(H,18,19). The van der Waals surface area contributed by atoms with Crippen molar-refractivity contribution >= 4 is 17.9 Å². The van der Waals surface area contributed by atoms with Gasteiger partial charge in [0.05, 0.1) is 5.92 Å². The number of nitrogens with one attached hydrogen (secondary N) is 1. The molecule has 7 heteroatoms. The summed E-state index contributed by atoms with van der Waals surface area (Å²) in [5, 5.41) is 11.7. The average molecular weight is 283 g/mol. The summed E-state index contributed by atoms with van der Waals surface area (Å²) in [5.41, 5.74) is 0. The molecule has 0 aliphatic carbocycles. The van der Waals surface area contributed by atoms with Gasteiger partial charge in [0.2, 0.25) is 5.91 Å². The third-order valence-electron chi connectivity index (χ3n) is 4.25. The molecular weight excluding hydrogens is 262 g/mol. The van der Waals surface area contributed by atoms with Gasteiger partial charge in [-0.05, 0) is 18.8 Å². The van der Waals surface area contributed by atoms with E-state index in [9.17, 15) is 14.4 Å². The second-order valence-electron chi connectivity index (χ2n) is 5.58. The van der Waals surface area contributed by atoms with E-state index in [0.29, 0.717) is 19.5 Å². The van der Waals surface area contributed by atoms with E-state index in [1.54, 1.807) is 16.8 Å². The van der Waals surface area contributed by atoms with E-state index >= 15 is 0 Å². The molecule has 3 amide bonds. The Morgan fingerprint density at radius 2 is 1.95 bits per heavy atom. The van der Waals surface area contributed by atoms with Crippen molar-refractivity contribution in [1.29, 1.82) is 0 Å². The van der Waals surface area contributed by atoms with Crippen molar-refractivity contribution in [2.24, 2.45) is 11.8 Å². The van der Waals surface area contributed by atoms with Gasteiger partial charge in [-0.15, -0.1) is 0 Å². The number of likely N-dealkylation sites (N-methyl/N-ethyl adjacent to an activating group) is 1. The molecule has 0 saturated carbocycles. The minimum absolute atomic E-state index is 0.0579. The third kappa shape index (κ3) is 2.57. The Kier molecular flexibility index (Phi) is 4.15. The van der Waals surface area contributed by atoms with E-state index in [-0.39, 0.29) is 24.4 Å². The quantitative estimate of drug-likeness (QED) is 0.744. The van der Waals surface area contributed by atoms with Crippen LogP contribution in [-0.4, -0.2) is 65.5 Å². The molecular formula is C13H21N3O4. The second kappa shape index (κ2) is 5.68. The lowest BCUT2D eigenvalue weighted by Gasteiger charge is -2.28. The minimum atomic E-state index is -0.864. The minimum Gasteiger partial charge on any atom is -0.481 e. The fourth-order valence-corrected chi connectivity index (χ4v) is 3.06. The summed E-state index contributed by atoms with van der Waals surface area (Å²) in [6, 6.07) is -0.640. The Morgan fingerprint density at radius 3 is 2.50 bits per heavy atom. The SMILES string of the molecule is CNC(=O)C1CCCN1C(=O)N1CC(C)C(C(=O)O)C1. The van der Waals surface area contributed by atoms with Gasteiger partial charge in [0, 0.05) is 26.7 Å². The van der Waals surface area contributed by atoms with Gasteiger partial charge in [-0.1, -0.05) is 6.92 Å². The normalized spacial score (nSPS) is 29.6. The van der Waals surface area contributed by atoms with Gasteiger partial charge in [0.1, 0.15) is 6.04 Å². The molecule has 2 rings (SSSR count). The summed E-state index contributed by atoms with van der Waals surface area (Å²) in [5.74, 6) is -1.59. The summed E-state index contributed by atoms with van der Waals surface area (Å²) < 4.78 is 0. The summed E-state index contributed by atoms with van der Waals surface area (Å²) in [4.78, 5) is 38.5. The largest absolute Gasteiger partial charge is 0.481 e. The summed E-state index contributed by atoms with van der Waals surface area (Å²) in [7, 11) is 1.56. The molecule has 0 radical (unpaired) electrons. The van der Waals surface area contributed by atoms with Crippen LogP contribution in [0.25, 0.3) is 0 Å². The summed E-state index contributed by atoms with van der Waals surface area (Å²) >= 11 is 0. The van der Waals surface area contributed by atoms with Crippen molar-refractivity contribution in [3.63, 3.8) is 0 Å². The first-order chi connectivity index (χ1) is 9.45. The van der Waals surface area contributed by atoms with Crippen LogP contribution < -0.4 is 5.32 Å². The van der Waals surface area contributed by atoms with E-state index < -0.39 is 17.9 Å². The zero-order chi connectivity index (χ0) is 14.9. The van der Waals surface area contributed by atoms with Crippen molar-refractivity contribution in [3.05, 3.63) is 0 Å². The Balaban J connectivity index is 2.05. The van der Waals surface area contributed by atoms with Crippen molar-refractivity contribution in [2.75, 3.05) is 26.7 Å². The molecule has 2 aliphatic rings. The van der Waals surface area contributed by atoms with Crippen LogP contribution in [0.4, 0.5) is 4.79 Å². The van der Waals surface area contributed by atoms with Crippen LogP contribution in [0.15, 0.2) is 0 Å². The van der Waals surface area contributed by atoms with Crippen LogP contribution in [-0.2, 0) is 9.59 Å². The van der Waals surface area contributed by atoms with Crippen LogP contribution in [0.3, 0.4) is 0 Å². The highest BCUT2D eigenvalue weighted by Gasteiger charge is 2.41. The number of carbonyl (C=O) groups excluding carboxylic acids is 2.